The van der Waals surface area contributed by atoms with E-state index in [9.17, 15) is 9.59 Å². The van der Waals surface area contributed by atoms with Gasteiger partial charge in [-0.3, -0.25) is 9.20 Å². The number of aryl methyl sites for hydroxylation is 2. The smallest absolute Gasteiger partial charge is 0.338 e. The van der Waals surface area contributed by atoms with Crippen molar-refractivity contribution in [2.45, 2.75) is 27.4 Å². The molecule has 1 aromatic carbocycles. The first-order chi connectivity index (χ1) is 11.5. The summed E-state index contributed by atoms with van der Waals surface area (Å²) in [4.78, 5) is 28.9. The lowest BCUT2D eigenvalue weighted by molar-refractivity contribution is 0.0466. The fourth-order valence-electron chi connectivity index (χ4n) is 2.63. The minimum absolute atomic E-state index is 0.0358. The number of rotatable bonds is 3. The van der Waals surface area contributed by atoms with Crippen LogP contribution in [0.5, 0.6) is 0 Å². The number of hydrogen-bond donors (Lipinski definition) is 0. The van der Waals surface area contributed by atoms with Crippen LogP contribution >= 0.6 is 0 Å². The second-order valence-electron chi connectivity index (χ2n) is 5.77. The first-order valence-electron chi connectivity index (χ1n) is 7.69. The van der Waals surface area contributed by atoms with Gasteiger partial charge in [0.1, 0.15) is 12.3 Å². The summed E-state index contributed by atoms with van der Waals surface area (Å²) in [6.07, 6.45) is 0. The quantitative estimate of drug-likeness (QED) is 0.696. The molecule has 5 nitrogen and oxygen atoms in total. The maximum absolute atomic E-state index is 12.3. The Bertz CT molecular complexity index is 990. The molecule has 0 saturated carbocycles. The fourth-order valence-corrected chi connectivity index (χ4v) is 2.63. The van der Waals surface area contributed by atoms with Crippen molar-refractivity contribution in [1.82, 2.24) is 9.38 Å². The molecule has 0 N–H and O–H groups in total. The summed E-state index contributed by atoms with van der Waals surface area (Å²) in [6.45, 7) is 5.64. The Labute approximate surface area is 139 Å². The van der Waals surface area contributed by atoms with Crippen LogP contribution in [-0.2, 0) is 11.3 Å². The van der Waals surface area contributed by atoms with Crippen LogP contribution in [0, 0.1) is 20.8 Å². The lowest BCUT2D eigenvalue weighted by atomic mass is 10.0. The van der Waals surface area contributed by atoms with Crippen LogP contribution in [0.2, 0.25) is 0 Å². The fraction of sp³-hybridized carbons (Fsp3) is 0.211. The summed E-state index contributed by atoms with van der Waals surface area (Å²) in [5.41, 5.74) is 4.05. The first-order valence-corrected chi connectivity index (χ1v) is 7.69. The number of fused-ring (bicyclic) bond motifs is 1. The molecule has 0 radical (unpaired) electrons. The van der Waals surface area contributed by atoms with Crippen molar-refractivity contribution >= 4 is 11.6 Å². The summed E-state index contributed by atoms with van der Waals surface area (Å²) < 4.78 is 6.86. The van der Waals surface area contributed by atoms with Crippen molar-refractivity contribution in [1.29, 1.82) is 0 Å². The topological polar surface area (TPSA) is 60.7 Å². The molecule has 0 aliphatic carbocycles. The van der Waals surface area contributed by atoms with Gasteiger partial charge in [-0.15, -0.1) is 0 Å². The molecule has 2 aromatic heterocycles. The van der Waals surface area contributed by atoms with Gasteiger partial charge >= 0.3 is 5.97 Å². The molecule has 0 amide bonds. The van der Waals surface area contributed by atoms with Gasteiger partial charge in [-0.25, -0.2) is 9.78 Å². The number of carbonyl (C=O) groups is 1. The second kappa shape index (κ2) is 6.28. The minimum Gasteiger partial charge on any atom is -0.456 e. The van der Waals surface area contributed by atoms with E-state index in [1.807, 2.05) is 45.0 Å². The summed E-state index contributed by atoms with van der Waals surface area (Å²) in [6, 6.07) is 12.3. The van der Waals surface area contributed by atoms with E-state index in [0.29, 0.717) is 16.9 Å². The molecule has 0 bridgehead atoms. The number of pyridine rings is 1. The third-order valence-electron chi connectivity index (χ3n) is 4.11. The number of carbonyl (C=O) groups excluding carboxylic acids is 1. The summed E-state index contributed by atoms with van der Waals surface area (Å²) in [5.74, 6) is -0.414. The van der Waals surface area contributed by atoms with Crippen LogP contribution in [0.4, 0.5) is 0 Å². The molecule has 3 aromatic rings. The maximum Gasteiger partial charge on any atom is 0.338 e. The Kier molecular flexibility index (Phi) is 4.16. The maximum atomic E-state index is 12.3. The van der Waals surface area contributed by atoms with Gasteiger partial charge in [-0.2, -0.15) is 0 Å². The molecule has 2 heterocycles. The predicted molar refractivity (Wildman–Crippen MR) is 91.2 cm³/mol. The van der Waals surface area contributed by atoms with Crippen LogP contribution in [-0.4, -0.2) is 15.4 Å². The molecule has 24 heavy (non-hydrogen) atoms. The molecule has 5 heteroatoms. The van der Waals surface area contributed by atoms with E-state index in [2.05, 4.69) is 4.98 Å². The Morgan fingerprint density at radius 1 is 1.12 bits per heavy atom. The third kappa shape index (κ3) is 2.93. The first kappa shape index (κ1) is 15.9. The largest absolute Gasteiger partial charge is 0.456 e. The van der Waals surface area contributed by atoms with E-state index in [-0.39, 0.29) is 12.2 Å². The summed E-state index contributed by atoms with van der Waals surface area (Å²) >= 11 is 0. The zero-order valence-electron chi connectivity index (χ0n) is 13.9. The monoisotopic (exact) mass is 322 g/mol. The van der Waals surface area contributed by atoms with Crippen LogP contribution in [0.15, 0.2) is 47.3 Å². The zero-order valence-corrected chi connectivity index (χ0v) is 13.9. The van der Waals surface area contributed by atoms with Crippen molar-refractivity contribution in [2.24, 2.45) is 0 Å². The van der Waals surface area contributed by atoms with Gasteiger partial charge in [0, 0.05) is 11.8 Å². The minimum atomic E-state index is -0.414. The van der Waals surface area contributed by atoms with Crippen molar-refractivity contribution in [3.63, 3.8) is 0 Å². The average molecular weight is 322 g/mol. The zero-order chi connectivity index (χ0) is 17.3. The Morgan fingerprint density at radius 3 is 2.67 bits per heavy atom. The van der Waals surface area contributed by atoms with E-state index < -0.39 is 5.97 Å². The lowest BCUT2D eigenvalue weighted by Crippen LogP contribution is -2.18. The lowest BCUT2D eigenvalue weighted by Gasteiger charge is -2.09. The second-order valence-corrected chi connectivity index (χ2v) is 5.77. The van der Waals surface area contributed by atoms with Crippen molar-refractivity contribution in [3.8, 4) is 0 Å². The molecule has 3 rings (SSSR count). The number of hydrogen-bond acceptors (Lipinski definition) is 4. The number of nitrogens with zero attached hydrogens (tertiary/aromatic N) is 2. The van der Waals surface area contributed by atoms with E-state index in [0.717, 1.165) is 16.8 Å². The van der Waals surface area contributed by atoms with Crippen LogP contribution in [0.25, 0.3) is 5.65 Å². The van der Waals surface area contributed by atoms with Crippen LogP contribution in [0.3, 0.4) is 0 Å². The Balaban J connectivity index is 1.85. The highest BCUT2D eigenvalue weighted by atomic mass is 16.5. The van der Waals surface area contributed by atoms with E-state index >= 15 is 0 Å². The highest BCUT2D eigenvalue weighted by molar-refractivity contribution is 5.91. The highest BCUT2D eigenvalue weighted by Crippen LogP contribution is 2.14. The van der Waals surface area contributed by atoms with Crippen molar-refractivity contribution < 1.29 is 9.53 Å². The van der Waals surface area contributed by atoms with Gasteiger partial charge in [0.2, 0.25) is 0 Å². The molecular weight excluding hydrogens is 304 g/mol. The summed E-state index contributed by atoms with van der Waals surface area (Å²) in [5, 5.41) is 0. The molecule has 0 unspecified atom stereocenters. The van der Waals surface area contributed by atoms with Gasteiger partial charge in [-0.05, 0) is 50.1 Å². The Morgan fingerprint density at radius 2 is 1.88 bits per heavy atom. The van der Waals surface area contributed by atoms with Gasteiger partial charge in [0.25, 0.3) is 5.56 Å². The third-order valence-corrected chi connectivity index (χ3v) is 4.11. The molecule has 0 aliphatic rings. The number of esters is 1. The van der Waals surface area contributed by atoms with Gasteiger partial charge in [0.15, 0.2) is 0 Å². The SMILES string of the molecule is Cc1cccc(C(=O)OCc2cc(=O)n3c(C)cccc3n2)c1C. The Hall–Kier alpha value is -2.95. The highest BCUT2D eigenvalue weighted by Gasteiger charge is 2.13. The van der Waals surface area contributed by atoms with Gasteiger partial charge < -0.3 is 4.74 Å². The van der Waals surface area contributed by atoms with Gasteiger partial charge in [0.05, 0.1) is 11.3 Å². The van der Waals surface area contributed by atoms with E-state index in [4.69, 9.17) is 4.74 Å². The average Bonchev–Trinajstić information content (AvgIpc) is 2.55. The number of ether oxygens (including phenoxy) is 1. The molecule has 0 aliphatic heterocycles. The molecule has 0 saturated heterocycles. The van der Waals surface area contributed by atoms with E-state index in [1.54, 1.807) is 12.1 Å². The van der Waals surface area contributed by atoms with Crippen LogP contribution < -0.4 is 5.56 Å². The molecule has 0 fully saturated rings. The normalized spacial score (nSPS) is 10.8. The summed E-state index contributed by atoms with van der Waals surface area (Å²) in [7, 11) is 0. The van der Waals surface area contributed by atoms with Crippen LogP contribution in [0.1, 0.15) is 32.9 Å². The standard InChI is InChI=1S/C19H18N2O3/c1-12-6-4-8-16(14(12)3)19(23)24-11-15-10-18(22)21-13(2)7-5-9-17(21)20-15/h4-10H,11H2,1-3H3. The number of benzene rings is 1. The molecule has 122 valence electrons. The molecular formula is C19H18N2O3. The number of aromatic nitrogens is 2. The van der Waals surface area contributed by atoms with Crippen molar-refractivity contribution in [2.75, 3.05) is 0 Å². The predicted octanol–water partition coefficient (Wildman–Crippen LogP) is 2.98. The van der Waals surface area contributed by atoms with Crippen molar-refractivity contribution in [3.05, 3.63) is 80.9 Å². The van der Waals surface area contributed by atoms with E-state index in [1.165, 1.54) is 10.5 Å². The van der Waals surface area contributed by atoms with Gasteiger partial charge in [-0.1, -0.05) is 18.2 Å². The molecule has 0 spiro atoms. The molecule has 0 atom stereocenters.